The Morgan fingerprint density at radius 3 is 2.67 bits per heavy atom. The van der Waals surface area contributed by atoms with Gasteiger partial charge in [-0.3, -0.25) is 4.90 Å². The molecule has 0 N–H and O–H groups in total. The topological polar surface area (TPSA) is 27.0 Å². The van der Waals surface area contributed by atoms with Crippen LogP contribution in [0.25, 0.3) is 0 Å². The minimum Gasteiger partial charge on any atom is -0.299 e. The number of hydrogen-bond donors (Lipinski definition) is 0. The Bertz CT molecular complexity index is 167. The van der Waals surface area contributed by atoms with Gasteiger partial charge in [0.05, 0.1) is 12.0 Å². The van der Waals surface area contributed by atoms with Crippen LogP contribution in [0.4, 0.5) is 0 Å². The molecular weight excluding hydrogens is 148 g/mol. The first-order chi connectivity index (χ1) is 5.77. The molecule has 1 atom stereocenters. The fourth-order valence-corrected chi connectivity index (χ4v) is 1.54. The van der Waals surface area contributed by atoms with Crippen LogP contribution >= 0.6 is 0 Å². The van der Waals surface area contributed by atoms with Gasteiger partial charge in [-0.15, -0.1) is 0 Å². The first kappa shape index (κ1) is 9.54. The van der Waals surface area contributed by atoms with E-state index in [0.29, 0.717) is 0 Å². The van der Waals surface area contributed by atoms with Crippen molar-refractivity contribution in [1.29, 1.82) is 5.26 Å². The Morgan fingerprint density at radius 1 is 1.58 bits per heavy atom. The van der Waals surface area contributed by atoms with Crippen molar-refractivity contribution < 1.29 is 0 Å². The molecule has 1 fully saturated rings. The van der Waals surface area contributed by atoms with E-state index in [4.69, 9.17) is 5.26 Å². The van der Waals surface area contributed by atoms with Crippen LogP contribution < -0.4 is 0 Å². The molecule has 0 aromatic carbocycles. The van der Waals surface area contributed by atoms with Crippen LogP contribution in [-0.4, -0.2) is 24.0 Å². The largest absolute Gasteiger partial charge is 0.299 e. The highest BCUT2D eigenvalue weighted by Gasteiger charge is 2.28. The molecule has 0 heterocycles. The van der Waals surface area contributed by atoms with Gasteiger partial charge < -0.3 is 0 Å². The van der Waals surface area contributed by atoms with Gasteiger partial charge in [0.1, 0.15) is 0 Å². The molecule has 0 spiro atoms. The van der Waals surface area contributed by atoms with Crippen molar-refractivity contribution in [2.45, 2.75) is 39.2 Å². The maximum Gasteiger partial charge on any atom is 0.0666 e. The molecule has 0 bridgehead atoms. The molecule has 2 heteroatoms. The lowest BCUT2D eigenvalue weighted by Crippen LogP contribution is -2.31. The third kappa shape index (κ3) is 2.83. The molecule has 2 nitrogen and oxygen atoms in total. The predicted molar refractivity (Wildman–Crippen MR) is 49.7 cm³/mol. The zero-order valence-corrected chi connectivity index (χ0v) is 8.08. The van der Waals surface area contributed by atoms with Crippen molar-refractivity contribution in [3.8, 4) is 6.07 Å². The first-order valence-corrected chi connectivity index (χ1v) is 4.91. The van der Waals surface area contributed by atoms with Gasteiger partial charge in [-0.25, -0.2) is 0 Å². The second kappa shape index (κ2) is 4.47. The molecule has 1 rings (SSSR count). The molecule has 0 aromatic rings. The van der Waals surface area contributed by atoms with E-state index in [-0.39, 0.29) is 5.92 Å². The van der Waals surface area contributed by atoms with E-state index in [1.165, 1.54) is 19.3 Å². The van der Waals surface area contributed by atoms with Gasteiger partial charge in [-0.1, -0.05) is 6.92 Å². The summed E-state index contributed by atoms with van der Waals surface area (Å²) in [6.45, 7) is 6.34. The summed E-state index contributed by atoms with van der Waals surface area (Å²) in [5.74, 6) is 0.192. The molecule has 1 unspecified atom stereocenters. The number of nitriles is 1. The maximum absolute atomic E-state index is 8.68. The van der Waals surface area contributed by atoms with Crippen molar-refractivity contribution in [3.63, 3.8) is 0 Å². The normalized spacial score (nSPS) is 19.2. The highest BCUT2D eigenvalue weighted by atomic mass is 15.2. The summed E-state index contributed by atoms with van der Waals surface area (Å²) in [6, 6.07) is 3.10. The average Bonchev–Trinajstić information content (AvgIpc) is 2.86. The lowest BCUT2D eigenvalue weighted by Gasteiger charge is -2.21. The molecule has 0 radical (unpaired) electrons. The molecule has 1 aliphatic rings. The fourth-order valence-electron chi connectivity index (χ4n) is 1.54. The second-order valence-electron chi connectivity index (χ2n) is 3.76. The number of nitrogens with zero attached hydrogens (tertiary/aromatic N) is 2. The fraction of sp³-hybridized carbons (Fsp3) is 0.900. The maximum atomic E-state index is 8.68. The quantitative estimate of drug-likeness (QED) is 0.624. The van der Waals surface area contributed by atoms with Crippen LogP contribution in [-0.2, 0) is 0 Å². The van der Waals surface area contributed by atoms with Gasteiger partial charge in [-0.05, 0) is 32.7 Å². The minimum atomic E-state index is 0.192. The van der Waals surface area contributed by atoms with Crippen molar-refractivity contribution in [2.75, 3.05) is 13.1 Å². The first-order valence-electron chi connectivity index (χ1n) is 4.91. The van der Waals surface area contributed by atoms with E-state index in [0.717, 1.165) is 19.1 Å². The molecule has 1 saturated carbocycles. The van der Waals surface area contributed by atoms with E-state index in [1.807, 2.05) is 6.92 Å². The van der Waals surface area contributed by atoms with E-state index < -0.39 is 0 Å². The Kier molecular flexibility index (Phi) is 3.55. The smallest absolute Gasteiger partial charge is 0.0666 e. The monoisotopic (exact) mass is 166 g/mol. The molecule has 0 aliphatic heterocycles. The number of rotatable bonds is 5. The van der Waals surface area contributed by atoms with Crippen LogP contribution in [0.2, 0.25) is 0 Å². The zero-order chi connectivity index (χ0) is 8.97. The molecular formula is C10H18N2. The highest BCUT2D eigenvalue weighted by molar-refractivity contribution is 4.89. The van der Waals surface area contributed by atoms with Gasteiger partial charge in [0, 0.05) is 12.6 Å². The second-order valence-corrected chi connectivity index (χ2v) is 3.76. The van der Waals surface area contributed by atoms with Crippen LogP contribution in [0.1, 0.15) is 33.1 Å². The lowest BCUT2D eigenvalue weighted by atomic mass is 10.2. The Morgan fingerprint density at radius 2 is 2.25 bits per heavy atom. The standard InChI is InChI=1S/C10H18N2/c1-3-6-12(10-4-5-10)8-9(2)7-11/h9-10H,3-6,8H2,1-2H3. The van der Waals surface area contributed by atoms with Crippen molar-refractivity contribution in [1.82, 2.24) is 4.90 Å². The summed E-state index contributed by atoms with van der Waals surface area (Å²) in [5.41, 5.74) is 0. The summed E-state index contributed by atoms with van der Waals surface area (Å²) in [5, 5.41) is 8.68. The third-order valence-electron chi connectivity index (χ3n) is 2.30. The minimum absolute atomic E-state index is 0.192. The summed E-state index contributed by atoms with van der Waals surface area (Å²) in [7, 11) is 0. The Labute approximate surface area is 75.2 Å². The van der Waals surface area contributed by atoms with E-state index in [2.05, 4.69) is 17.9 Å². The lowest BCUT2D eigenvalue weighted by molar-refractivity contribution is 0.246. The van der Waals surface area contributed by atoms with Gasteiger partial charge in [-0.2, -0.15) is 5.26 Å². The predicted octanol–water partition coefficient (Wildman–Crippen LogP) is 2.02. The molecule has 12 heavy (non-hydrogen) atoms. The molecule has 1 aliphatic carbocycles. The van der Waals surface area contributed by atoms with E-state index in [1.54, 1.807) is 0 Å². The average molecular weight is 166 g/mol. The summed E-state index contributed by atoms with van der Waals surface area (Å²) < 4.78 is 0. The van der Waals surface area contributed by atoms with E-state index >= 15 is 0 Å². The van der Waals surface area contributed by atoms with Gasteiger partial charge >= 0.3 is 0 Å². The van der Waals surface area contributed by atoms with Crippen molar-refractivity contribution >= 4 is 0 Å². The zero-order valence-electron chi connectivity index (χ0n) is 8.08. The molecule has 0 aromatic heterocycles. The van der Waals surface area contributed by atoms with Crippen LogP contribution in [0, 0.1) is 17.2 Å². The molecule has 68 valence electrons. The van der Waals surface area contributed by atoms with Crippen molar-refractivity contribution in [2.24, 2.45) is 5.92 Å². The summed E-state index contributed by atoms with van der Waals surface area (Å²) >= 11 is 0. The van der Waals surface area contributed by atoms with Crippen molar-refractivity contribution in [3.05, 3.63) is 0 Å². The van der Waals surface area contributed by atoms with Gasteiger partial charge in [0.25, 0.3) is 0 Å². The van der Waals surface area contributed by atoms with E-state index in [9.17, 15) is 0 Å². The third-order valence-corrected chi connectivity index (χ3v) is 2.30. The Balaban J connectivity index is 2.28. The van der Waals surface area contributed by atoms with Gasteiger partial charge in [0.15, 0.2) is 0 Å². The highest BCUT2D eigenvalue weighted by Crippen LogP contribution is 2.27. The molecule has 0 saturated heterocycles. The summed E-state index contributed by atoms with van der Waals surface area (Å²) in [6.07, 6.45) is 3.89. The summed E-state index contributed by atoms with van der Waals surface area (Å²) in [4.78, 5) is 2.47. The van der Waals surface area contributed by atoms with Gasteiger partial charge in [0.2, 0.25) is 0 Å². The Hall–Kier alpha value is -0.550. The molecule has 0 amide bonds. The van der Waals surface area contributed by atoms with Crippen LogP contribution in [0.15, 0.2) is 0 Å². The van der Waals surface area contributed by atoms with Crippen LogP contribution in [0.5, 0.6) is 0 Å². The number of hydrogen-bond acceptors (Lipinski definition) is 2. The SMILES string of the molecule is CCCN(CC(C)C#N)C1CC1. The van der Waals surface area contributed by atoms with Crippen LogP contribution in [0.3, 0.4) is 0 Å².